The van der Waals surface area contributed by atoms with Crippen LogP contribution in [0.3, 0.4) is 0 Å². The number of ether oxygens (including phenoxy) is 1. The minimum absolute atomic E-state index is 0.567. The number of aromatic amines is 1. The molecule has 1 aromatic carbocycles. The van der Waals surface area contributed by atoms with E-state index in [1.807, 2.05) is 36.8 Å². The smallest absolute Gasteiger partial charge is 0.213 e. The van der Waals surface area contributed by atoms with E-state index in [0.717, 1.165) is 49.5 Å². The fraction of sp³-hybridized carbons (Fsp3) is 0.100. The molecule has 132 valence electrons. The van der Waals surface area contributed by atoms with Crippen LogP contribution in [-0.4, -0.2) is 32.0 Å². The third-order valence-corrected chi connectivity index (χ3v) is 5.25. The highest BCUT2D eigenvalue weighted by Crippen LogP contribution is 2.31. The lowest BCUT2D eigenvalue weighted by Crippen LogP contribution is -1.93. The van der Waals surface area contributed by atoms with Gasteiger partial charge in [-0.25, -0.2) is 19.9 Å². The molecule has 6 nitrogen and oxygen atoms in total. The molecule has 1 N–H and O–H groups in total. The molecule has 0 bridgehead atoms. The van der Waals surface area contributed by atoms with Gasteiger partial charge >= 0.3 is 0 Å². The van der Waals surface area contributed by atoms with Crippen LogP contribution in [0.5, 0.6) is 5.88 Å². The molecular formula is C20H15N5OS. The van der Waals surface area contributed by atoms with Crippen LogP contribution in [0, 0.1) is 6.92 Å². The number of nitrogens with one attached hydrogen (secondary N) is 1. The van der Waals surface area contributed by atoms with Crippen molar-refractivity contribution in [2.75, 3.05) is 7.11 Å². The number of hydrogen-bond donors (Lipinski definition) is 1. The number of benzene rings is 1. The van der Waals surface area contributed by atoms with E-state index in [4.69, 9.17) is 9.72 Å². The van der Waals surface area contributed by atoms with Crippen molar-refractivity contribution in [2.24, 2.45) is 0 Å². The summed E-state index contributed by atoms with van der Waals surface area (Å²) < 4.78 is 6.44. The number of aryl methyl sites for hydroxylation is 1. The summed E-state index contributed by atoms with van der Waals surface area (Å²) in [6.07, 6.45) is 3.72. The molecule has 0 aliphatic rings. The van der Waals surface area contributed by atoms with E-state index in [2.05, 4.69) is 32.1 Å². The van der Waals surface area contributed by atoms with Gasteiger partial charge in [0.1, 0.15) is 5.52 Å². The molecule has 0 fully saturated rings. The maximum atomic E-state index is 5.29. The van der Waals surface area contributed by atoms with E-state index < -0.39 is 0 Å². The van der Waals surface area contributed by atoms with Crippen LogP contribution in [0.4, 0.5) is 0 Å². The second-order valence-corrected chi connectivity index (χ2v) is 7.12. The molecule has 5 rings (SSSR count). The molecule has 5 aromatic rings. The minimum atomic E-state index is 0.567. The molecule has 0 saturated heterocycles. The first kappa shape index (κ1) is 15.9. The standard InChI is InChI=1S/C20H15N5OS/c1-11-5-13(7-18(24-11)26-2)16-9-22-20-19(25-16)14(8-21-20)12-3-4-15-17(6-12)27-10-23-15/h3-10H,1-2H3,(H,21,22). The maximum Gasteiger partial charge on any atom is 0.213 e. The summed E-state index contributed by atoms with van der Waals surface area (Å²) in [6.45, 7) is 1.93. The lowest BCUT2D eigenvalue weighted by atomic mass is 10.1. The van der Waals surface area contributed by atoms with Crippen LogP contribution < -0.4 is 4.74 Å². The molecule has 4 heterocycles. The van der Waals surface area contributed by atoms with Crippen molar-refractivity contribution < 1.29 is 4.74 Å². The van der Waals surface area contributed by atoms with Crippen LogP contribution in [-0.2, 0) is 0 Å². The Morgan fingerprint density at radius 1 is 1.04 bits per heavy atom. The predicted octanol–water partition coefficient (Wildman–Crippen LogP) is 4.61. The quantitative estimate of drug-likeness (QED) is 0.500. The van der Waals surface area contributed by atoms with E-state index >= 15 is 0 Å². The molecule has 0 aliphatic carbocycles. The van der Waals surface area contributed by atoms with Gasteiger partial charge in [0, 0.05) is 29.1 Å². The summed E-state index contributed by atoms with van der Waals surface area (Å²) in [4.78, 5) is 21.3. The van der Waals surface area contributed by atoms with E-state index in [-0.39, 0.29) is 0 Å². The van der Waals surface area contributed by atoms with Crippen LogP contribution in [0.2, 0.25) is 0 Å². The maximum absolute atomic E-state index is 5.29. The zero-order chi connectivity index (χ0) is 18.4. The molecule has 7 heteroatoms. The highest BCUT2D eigenvalue weighted by molar-refractivity contribution is 7.16. The lowest BCUT2D eigenvalue weighted by molar-refractivity contribution is 0.397. The number of rotatable bonds is 3. The predicted molar refractivity (Wildman–Crippen MR) is 107 cm³/mol. The molecule has 0 amide bonds. The van der Waals surface area contributed by atoms with Crippen molar-refractivity contribution in [3.63, 3.8) is 0 Å². The number of thiazole rings is 1. The topological polar surface area (TPSA) is 76.6 Å². The summed E-state index contributed by atoms with van der Waals surface area (Å²) in [5.41, 5.74) is 9.16. The Morgan fingerprint density at radius 3 is 2.85 bits per heavy atom. The first-order chi connectivity index (χ1) is 13.2. The van der Waals surface area contributed by atoms with Crippen LogP contribution in [0.15, 0.2) is 48.2 Å². The Hall–Kier alpha value is -3.32. The SMILES string of the molecule is COc1cc(-c2cnc3[nH]cc(-c4ccc5ncsc5c4)c3n2)cc(C)n1. The summed E-state index contributed by atoms with van der Waals surface area (Å²) in [6, 6.07) is 10.1. The average molecular weight is 373 g/mol. The van der Waals surface area contributed by atoms with Gasteiger partial charge in [-0.1, -0.05) is 6.07 Å². The molecule has 0 spiro atoms. The highest BCUT2D eigenvalue weighted by atomic mass is 32.1. The molecule has 4 aromatic heterocycles. The molecule has 27 heavy (non-hydrogen) atoms. The van der Waals surface area contributed by atoms with Gasteiger partial charge in [-0.15, -0.1) is 11.3 Å². The number of methoxy groups -OCH3 is 1. The Morgan fingerprint density at radius 2 is 1.96 bits per heavy atom. The number of H-pyrrole nitrogens is 1. The summed E-state index contributed by atoms with van der Waals surface area (Å²) >= 11 is 1.63. The number of aromatic nitrogens is 5. The molecule has 0 radical (unpaired) electrons. The molecular weight excluding hydrogens is 358 g/mol. The first-order valence-corrected chi connectivity index (χ1v) is 9.30. The average Bonchev–Trinajstić information content (AvgIpc) is 3.32. The second kappa shape index (κ2) is 6.14. The highest BCUT2D eigenvalue weighted by Gasteiger charge is 2.13. The fourth-order valence-electron chi connectivity index (χ4n) is 3.16. The molecule has 0 unspecified atom stereocenters. The number of nitrogens with zero attached hydrogens (tertiary/aromatic N) is 4. The van der Waals surface area contributed by atoms with E-state index in [9.17, 15) is 0 Å². The van der Waals surface area contributed by atoms with Crippen molar-refractivity contribution in [1.29, 1.82) is 0 Å². The van der Waals surface area contributed by atoms with Crippen molar-refractivity contribution in [1.82, 2.24) is 24.9 Å². The van der Waals surface area contributed by atoms with Crippen molar-refractivity contribution >= 4 is 32.7 Å². The zero-order valence-corrected chi connectivity index (χ0v) is 15.5. The van der Waals surface area contributed by atoms with Gasteiger partial charge < -0.3 is 9.72 Å². The number of hydrogen-bond acceptors (Lipinski definition) is 6. The monoisotopic (exact) mass is 373 g/mol. The van der Waals surface area contributed by atoms with Crippen LogP contribution in [0.25, 0.3) is 43.8 Å². The molecule has 0 atom stereocenters. The summed E-state index contributed by atoms with van der Waals surface area (Å²) in [5.74, 6) is 0.567. The zero-order valence-electron chi connectivity index (χ0n) is 14.7. The Bertz CT molecular complexity index is 1290. The Kier molecular flexibility index (Phi) is 3.61. The van der Waals surface area contributed by atoms with Gasteiger partial charge in [-0.3, -0.25) is 0 Å². The van der Waals surface area contributed by atoms with E-state index in [1.165, 1.54) is 0 Å². The number of fused-ring (bicyclic) bond motifs is 2. The second-order valence-electron chi connectivity index (χ2n) is 6.23. The van der Waals surface area contributed by atoms with Gasteiger partial charge in [0.2, 0.25) is 5.88 Å². The first-order valence-electron chi connectivity index (χ1n) is 8.42. The van der Waals surface area contributed by atoms with Crippen LogP contribution >= 0.6 is 11.3 Å². The van der Waals surface area contributed by atoms with Crippen molar-refractivity contribution in [3.05, 3.63) is 53.9 Å². The van der Waals surface area contributed by atoms with E-state index in [1.54, 1.807) is 24.6 Å². The van der Waals surface area contributed by atoms with Crippen LogP contribution in [0.1, 0.15) is 5.69 Å². The van der Waals surface area contributed by atoms with Crippen molar-refractivity contribution in [3.8, 4) is 28.3 Å². The third-order valence-electron chi connectivity index (χ3n) is 4.46. The van der Waals surface area contributed by atoms with Gasteiger partial charge in [0.05, 0.1) is 34.7 Å². The third kappa shape index (κ3) is 2.72. The van der Waals surface area contributed by atoms with Gasteiger partial charge in [0.25, 0.3) is 0 Å². The van der Waals surface area contributed by atoms with Gasteiger partial charge in [-0.05, 0) is 30.7 Å². The fourth-order valence-corrected chi connectivity index (χ4v) is 3.88. The molecule has 0 saturated carbocycles. The van der Waals surface area contributed by atoms with Gasteiger partial charge in [0.15, 0.2) is 5.65 Å². The van der Waals surface area contributed by atoms with Crippen molar-refractivity contribution in [2.45, 2.75) is 6.92 Å². The minimum Gasteiger partial charge on any atom is -0.481 e. The Labute approximate surface area is 158 Å². The Balaban J connectivity index is 1.67. The lowest BCUT2D eigenvalue weighted by Gasteiger charge is -2.06. The number of pyridine rings is 1. The summed E-state index contributed by atoms with van der Waals surface area (Å²) in [7, 11) is 1.61. The van der Waals surface area contributed by atoms with E-state index in [0.29, 0.717) is 5.88 Å². The normalized spacial score (nSPS) is 11.3. The molecule has 0 aliphatic heterocycles. The van der Waals surface area contributed by atoms with Gasteiger partial charge in [-0.2, -0.15) is 0 Å². The summed E-state index contributed by atoms with van der Waals surface area (Å²) in [5, 5.41) is 0. The largest absolute Gasteiger partial charge is 0.481 e.